The molecular formula is C13H18BrNO. The Labute approximate surface area is 106 Å². The molecule has 2 rings (SSSR count). The highest BCUT2D eigenvalue weighted by Gasteiger charge is 2.20. The second kappa shape index (κ2) is 5.19. The third-order valence-corrected chi connectivity index (χ3v) is 4.25. The van der Waals surface area contributed by atoms with E-state index in [9.17, 15) is 0 Å². The van der Waals surface area contributed by atoms with Gasteiger partial charge in [0.15, 0.2) is 0 Å². The van der Waals surface area contributed by atoms with E-state index in [-0.39, 0.29) is 0 Å². The maximum atomic E-state index is 5.54. The molecule has 1 aromatic carbocycles. The molecule has 1 N–H and O–H groups in total. The number of ether oxygens (including phenoxy) is 1. The molecule has 16 heavy (non-hydrogen) atoms. The molecule has 3 heteroatoms. The van der Waals surface area contributed by atoms with Gasteiger partial charge >= 0.3 is 0 Å². The van der Waals surface area contributed by atoms with Crippen molar-refractivity contribution in [2.45, 2.75) is 25.7 Å². The van der Waals surface area contributed by atoms with Crippen LogP contribution < -0.4 is 10.1 Å². The summed E-state index contributed by atoms with van der Waals surface area (Å²) in [6.45, 7) is 4.30. The van der Waals surface area contributed by atoms with Gasteiger partial charge in [-0.15, -0.1) is 0 Å². The van der Waals surface area contributed by atoms with Crippen LogP contribution in [-0.4, -0.2) is 20.2 Å². The molecule has 0 aliphatic carbocycles. The second-order valence-electron chi connectivity index (χ2n) is 4.36. The van der Waals surface area contributed by atoms with E-state index >= 15 is 0 Å². The van der Waals surface area contributed by atoms with Gasteiger partial charge in [0.2, 0.25) is 0 Å². The summed E-state index contributed by atoms with van der Waals surface area (Å²) in [5.41, 5.74) is 2.55. The van der Waals surface area contributed by atoms with Crippen molar-refractivity contribution in [1.82, 2.24) is 5.32 Å². The van der Waals surface area contributed by atoms with Gasteiger partial charge in [-0.1, -0.05) is 12.1 Å². The molecule has 0 amide bonds. The lowest BCUT2D eigenvalue weighted by Gasteiger charge is -2.25. The Morgan fingerprint density at radius 2 is 2.25 bits per heavy atom. The normalized spacial score (nSPS) is 20.8. The van der Waals surface area contributed by atoms with Crippen LogP contribution in [-0.2, 0) is 0 Å². The van der Waals surface area contributed by atoms with Crippen LogP contribution in [0.5, 0.6) is 5.75 Å². The number of aryl methyl sites for hydroxylation is 1. The quantitative estimate of drug-likeness (QED) is 0.900. The van der Waals surface area contributed by atoms with Gasteiger partial charge in [-0.05, 0) is 53.4 Å². The first kappa shape index (κ1) is 11.9. The topological polar surface area (TPSA) is 21.3 Å². The van der Waals surface area contributed by atoms with Crippen LogP contribution in [0.1, 0.15) is 29.9 Å². The van der Waals surface area contributed by atoms with Gasteiger partial charge in [0, 0.05) is 12.5 Å². The summed E-state index contributed by atoms with van der Waals surface area (Å²) in [7, 11) is 1.75. The van der Waals surface area contributed by atoms with E-state index < -0.39 is 0 Å². The van der Waals surface area contributed by atoms with Crippen LogP contribution in [0.2, 0.25) is 0 Å². The Morgan fingerprint density at radius 1 is 1.44 bits per heavy atom. The van der Waals surface area contributed by atoms with E-state index in [0.29, 0.717) is 5.92 Å². The molecule has 0 bridgehead atoms. The highest BCUT2D eigenvalue weighted by atomic mass is 79.9. The summed E-state index contributed by atoms with van der Waals surface area (Å²) < 4.78 is 6.63. The summed E-state index contributed by atoms with van der Waals surface area (Å²) in [6.07, 6.45) is 2.50. The Bertz CT molecular complexity index is 372. The minimum atomic E-state index is 0.584. The van der Waals surface area contributed by atoms with Gasteiger partial charge in [-0.2, -0.15) is 0 Å². The summed E-state index contributed by atoms with van der Waals surface area (Å²) in [6, 6.07) is 4.37. The molecule has 88 valence electrons. The van der Waals surface area contributed by atoms with Gasteiger partial charge < -0.3 is 10.1 Å². The number of halogens is 1. The predicted octanol–water partition coefficient (Wildman–Crippen LogP) is 3.23. The fourth-order valence-corrected chi connectivity index (χ4v) is 2.84. The highest BCUT2D eigenvalue weighted by molar-refractivity contribution is 9.10. The van der Waals surface area contributed by atoms with Gasteiger partial charge in [-0.25, -0.2) is 0 Å². The molecule has 1 heterocycles. The van der Waals surface area contributed by atoms with E-state index in [4.69, 9.17) is 4.74 Å². The lowest BCUT2D eigenvalue weighted by atomic mass is 9.90. The maximum Gasteiger partial charge on any atom is 0.136 e. The molecule has 1 unspecified atom stereocenters. The van der Waals surface area contributed by atoms with Crippen LogP contribution in [0.25, 0.3) is 0 Å². The molecule has 0 aromatic heterocycles. The molecule has 0 saturated carbocycles. The predicted molar refractivity (Wildman–Crippen MR) is 70.3 cm³/mol. The second-order valence-corrected chi connectivity index (χ2v) is 5.16. The lowest BCUT2D eigenvalue weighted by molar-refractivity contribution is 0.389. The Balaban J connectivity index is 2.35. The zero-order valence-electron chi connectivity index (χ0n) is 9.85. The zero-order chi connectivity index (χ0) is 11.5. The van der Waals surface area contributed by atoms with Gasteiger partial charge in [-0.3, -0.25) is 0 Å². The fraction of sp³-hybridized carbons (Fsp3) is 0.538. The first-order valence-electron chi connectivity index (χ1n) is 5.77. The van der Waals surface area contributed by atoms with Crippen LogP contribution >= 0.6 is 15.9 Å². The van der Waals surface area contributed by atoms with Gasteiger partial charge in [0.25, 0.3) is 0 Å². The molecule has 0 spiro atoms. The molecule has 1 aromatic rings. The minimum Gasteiger partial charge on any atom is -0.495 e. The Hall–Kier alpha value is -0.540. The number of methoxy groups -OCH3 is 1. The summed E-state index contributed by atoms with van der Waals surface area (Å²) in [5.74, 6) is 1.59. The molecule has 1 aliphatic rings. The van der Waals surface area contributed by atoms with Crippen molar-refractivity contribution in [3.05, 3.63) is 27.7 Å². The molecule has 1 atom stereocenters. The maximum absolute atomic E-state index is 5.54. The standard InChI is InChI=1S/C13H18BrNO/c1-9-5-6-11(13(16-2)12(9)14)10-4-3-7-15-8-10/h5-6,10,15H,3-4,7-8H2,1-2H3. The Morgan fingerprint density at radius 3 is 2.88 bits per heavy atom. The number of hydrogen-bond acceptors (Lipinski definition) is 2. The van der Waals surface area contributed by atoms with Gasteiger partial charge in [0.05, 0.1) is 11.6 Å². The third-order valence-electron chi connectivity index (χ3n) is 3.26. The average Bonchev–Trinajstić information content (AvgIpc) is 2.33. The average molecular weight is 284 g/mol. The SMILES string of the molecule is COc1c(C2CCCNC2)ccc(C)c1Br. The molecule has 1 aliphatic heterocycles. The van der Waals surface area contributed by atoms with Crippen molar-refractivity contribution in [2.75, 3.05) is 20.2 Å². The lowest BCUT2D eigenvalue weighted by Crippen LogP contribution is -2.28. The van der Waals surface area contributed by atoms with E-state index in [2.05, 4.69) is 40.3 Å². The summed E-state index contributed by atoms with van der Waals surface area (Å²) in [5, 5.41) is 3.45. The number of piperidine rings is 1. The van der Waals surface area contributed by atoms with E-state index in [1.165, 1.54) is 24.0 Å². The number of nitrogens with one attached hydrogen (secondary N) is 1. The van der Waals surface area contributed by atoms with Crippen LogP contribution in [0.3, 0.4) is 0 Å². The van der Waals surface area contributed by atoms with Crippen LogP contribution in [0, 0.1) is 6.92 Å². The van der Waals surface area contributed by atoms with Crippen molar-refractivity contribution in [3.8, 4) is 5.75 Å². The van der Waals surface area contributed by atoms with Crippen molar-refractivity contribution in [3.63, 3.8) is 0 Å². The third kappa shape index (κ3) is 2.25. The van der Waals surface area contributed by atoms with Crippen molar-refractivity contribution in [1.29, 1.82) is 0 Å². The van der Waals surface area contributed by atoms with Crippen LogP contribution in [0.15, 0.2) is 16.6 Å². The largest absolute Gasteiger partial charge is 0.495 e. The monoisotopic (exact) mass is 283 g/mol. The number of rotatable bonds is 2. The molecule has 2 nitrogen and oxygen atoms in total. The van der Waals surface area contributed by atoms with E-state index in [0.717, 1.165) is 23.3 Å². The molecule has 1 saturated heterocycles. The molecule has 1 fully saturated rings. The van der Waals surface area contributed by atoms with Crippen LogP contribution in [0.4, 0.5) is 0 Å². The summed E-state index contributed by atoms with van der Waals surface area (Å²) in [4.78, 5) is 0. The first-order chi connectivity index (χ1) is 7.74. The minimum absolute atomic E-state index is 0.584. The molecule has 0 radical (unpaired) electrons. The molecular weight excluding hydrogens is 266 g/mol. The summed E-state index contributed by atoms with van der Waals surface area (Å²) >= 11 is 3.61. The van der Waals surface area contributed by atoms with E-state index in [1.807, 2.05) is 0 Å². The fourth-order valence-electron chi connectivity index (χ4n) is 2.32. The zero-order valence-corrected chi connectivity index (χ0v) is 11.4. The number of hydrogen-bond donors (Lipinski definition) is 1. The van der Waals surface area contributed by atoms with Crippen molar-refractivity contribution < 1.29 is 4.74 Å². The van der Waals surface area contributed by atoms with E-state index in [1.54, 1.807) is 7.11 Å². The number of benzene rings is 1. The highest BCUT2D eigenvalue weighted by Crippen LogP contribution is 2.38. The van der Waals surface area contributed by atoms with Gasteiger partial charge in [0.1, 0.15) is 5.75 Å². The first-order valence-corrected chi connectivity index (χ1v) is 6.57. The van der Waals surface area contributed by atoms with Crippen molar-refractivity contribution in [2.24, 2.45) is 0 Å². The Kier molecular flexibility index (Phi) is 3.87. The van der Waals surface area contributed by atoms with Crippen molar-refractivity contribution >= 4 is 15.9 Å². The smallest absolute Gasteiger partial charge is 0.136 e.